The number of nitrogens with zero attached hydrogens (tertiary/aromatic N) is 3. The molecule has 4 heterocycles. The number of ether oxygens (including phenoxy) is 1. The number of benzene rings is 1. The minimum absolute atomic E-state index is 0.0945. The first-order chi connectivity index (χ1) is 16.4. The van der Waals surface area contributed by atoms with Crippen LogP contribution in [0, 0.1) is 18.2 Å². The van der Waals surface area contributed by atoms with E-state index in [1.54, 1.807) is 13.1 Å². The molecule has 0 unspecified atom stereocenters. The highest BCUT2D eigenvalue weighted by atomic mass is 19.1. The first-order valence-corrected chi connectivity index (χ1v) is 11.8. The summed E-state index contributed by atoms with van der Waals surface area (Å²) in [6, 6.07) is 7.29. The zero-order chi connectivity index (χ0) is 23.6. The van der Waals surface area contributed by atoms with E-state index < -0.39 is 11.4 Å². The molecule has 1 saturated carbocycles. The summed E-state index contributed by atoms with van der Waals surface area (Å²) in [6.45, 7) is 4.97. The number of hydrogen-bond acceptors (Lipinski definition) is 4. The van der Waals surface area contributed by atoms with E-state index in [0.29, 0.717) is 37.3 Å². The van der Waals surface area contributed by atoms with E-state index in [-0.39, 0.29) is 17.7 Å². The molecule has 2 fully saturated rings. The SMILES string of the molecule is Cc1cc(-n2c(C3CCOCC3)c(C3CC(C)(C(=O)O)C3)c3nc4[nH]ncc4cc32)ccc1F. The normalized spacial score (nSPS) is 23.4. The molecule has 0 atom stereocenters. The molecule has 6 rings (SSSR count). The molecular weight excluding hydrogens is 435 g/mol. The second-order valence-electron chi connectivity index (χ2n) is 10.1. The van der Waals surface area contributed by atoms with Gasteiger partial charge in [0.2, 0.25) is 0 Å². The van der Waals surface area contributed by atoms with Crippen LogP contribution >= 0.6 is 0 Å². The summed E-state index contributed by atoms with van der Waals surface area (Å²) in [4.78, 5) is 16.9. The average molecular weight is 463 g/mol. The Morgan fingerprint density at radius 3 is 2.71 bits per heavy atom. The van der Waals surface area contributed by atoms with Gasteiger partial charge in [-0.1, -0.05) is 0 Å². The Kier molecular flexibility index (Phi) is 4.78. The van der Waals surface area contributed by atoms with Gasteiger partial charge >= 0.3 is 5.97 Å². The molecule has 0 spiro atoms. The lowest BCUT2D eigenvalue weighted by Crippen LogP contribution is -2.40. The summed E-state index contributed by atoms with van der Waals surface area (Å²) < 4.78 is 22.1. The molecule has 176 valence electrons. The molecule has 3 aromatic heterocycles. The van der Waals surface area contributed by atoms with Gasteiger partial charge in [-0.25, -0.2) is 9.37 Å². The fourth-order valence-electron chi connectivity index (χ4n) is 5.84. The highest BCUT2D eigenvalue weighted by Gasteiger charge is 2.49. The van der Waals surface area contributed by atoms with Crippen LogP contribution in [0.2, 0.25) is 0 Å². The van der Waals surface area contributed by atoms with E-state index in [4.69, 9.17) is 9.72 Å². The molecule has 0 amide bonds. The van der Waals surface area contributed by atoms with Gasteiger partial charge in [0.05, 0.1) is 22.6 Å². The number of carboxylic acids is 1. The van der Waals surface area contributed by atoms with Crippen LogP contribution in [0.15, 0.2) is 30.5 Å². The number of halogens is 1. The molecule has 1 aliphatic carbocycles. The standard InChI is InChI=1S/C26H27FN4O3/c1-14-9-18(3-4-19(14)27)31-20-10-16-13-28-30-24(16)29-22(20)21(17-11-26(2,12-17)25(32)33)23(31)15-5-7-34-8-6-15/h3-4,9-10,13,15,17H,5-8,11-12H2,1-2H3,(H,32,33)(H,28,29,30). The molecule has 34 heavy (non-hydrogen) atoms. The van der Waals surface area contributed by atoms with Crippen LogP contribution in [0.25, 0.3) is 27.8 Å². The number of fused-ring (bicyclic) bond motifs is 2. The van der Waals surface area contributed by atoms with Crippen LogP contribution in [-0.2, 0) is 9.53 Å². The number of aliphatic carboxylic acids is 1. The predicted octanol–water partition coefficient (Wildman–Crippen LogP) is 5.21. The summed E-state index contributed by atoms with van der Waals surface area (Å²) in [6.07, 6.45) is 4.66. The highest BCUT2D eigenvalue weighted by molar-refractivity contribution is 5.94. The van der Waals surface area contributed by atoms with Gasteiger partial charge < -0.3 is 14.4 Å². The largest absolute Gasteiger partial charge is 0.481 e. The van der Waals surface area contributed by atoms with Crippen LogP contribution in [-0.4, -0.2) is 44.0 Å². The zero-order valence-electron chi connectivity index (χ0n) is 19.3. The first kappa shape index (κ1) is 21.3. The molecular formula is C26H27FN4O3. The molecule has 2 N–H and O–H groups in total. The molecule has 8 heteroatoms. The fourth-order valence-corrected chi connectivity index (χ4v) is 5.84. The maximum atomic E-state index is 14.2. The molecule has 1 saturated heterocycles. The van der Waals surface area contributed by atoms with E-state index in [1.165, 1.54) is 6.07 Å². The Morgan fingerprint density at radius 2 is 2.00 bits per heavy atom. The zero-order valence-corrected chi connectivity index (χ0v) is 19.3. The maximum absolute atomic E-state index is 14.2. The third kappa shape index (κ3) is 3.15. The summed E-state index contributed by atoms with van der Waals surface area (Å²) in [7, 11) is 0. The summed E-state index contributed by atoms with van der Waals surface area (Å²) in [5.74, 6) is -0.647. The van der Waals surface area contributed by atoms with Crippen molar-refractivity contribution in [2.75, 3.05) is 13.2 Å². The van der Waals surface area contributed by atoms with Gasteiger partial charge in [-0.05, 0) is 75.3 Å². The first-order valence-electron chi connectivity index (χ1n) is 11.8. The number of carbonyl (C=O) groups is 1. The van der Waals surface area contributed by atoms with E-state index in [2.05, 4.69) is 20.8 Å². The average Bonchev–Trinajstić information content (AvgIpc) is 3.39. The number of aryl methyl sites for hydroxylation is 1. The van der Waals surface area contributed by atoms with Crippen LogP contribution < -0.4 is 0 Å². The molecule has 0 radical (unpaired) electrons. The second kappa shape index (κ2) is 7.63. The number of aromatic amines is 1. The minimum atomic E-state index is -0.752. The van der Waals surface area contributed by atoms with Crippen LogP contribution in [0.5, 0.6) is 0 Å². The van der Waals surface area contributed by atoms with Crippen molar-refractivity contribution < 1.29 is 19.0 Å². The topological polar surface area (TPSA) is 93.0 Å². The third-order valence-corrected chi connectivity index (χ3v) is 7.74. The van der Waals surface area contributed by atoms with Crippen LogP contribution in [0.1, 0.15) is 61.3 Å². The highest BCUT2D eigenvalue weighted by Crippen LogP contribution is 2.55. The summed E-state index contributed by atoms with van der Waals surface area (Å²) in [5, 5.41) is 17.8. The lowest BCUT2D eigenvalue weighted by Gasteiger charge is -2.42. The van der Waals surface area contributed by atoms with Crippen molar-refractivity contribution in [2.24, 2.45) is 5.41 Å². The quantitative estimate of drug-likeness (QED) is 0.434. The molecule has 4 aromatic rings. The Labute approximate surface area is 195 Å². The van der Waals surface area contributed by atoms with Crippen molar-refractivity contribution in [1.82, 2.24) is 19.7 Å². The van der Waals surface area contributed by atoms with Gasteiger partial charge in [0.15, 0.2) is 5.65 Å². The van der Waals surface area contributed by atoms with Gasteiger partial charge in [0.1, 0.15) is 5.82 Å². The van der Waals surface area contributed by atoms with Crippen molar-refractivity contribution in [3.63, 3.8) is 0 Å². The maximum Gasteiger partial charge on any atom is 0.309 e. The van der Waals surface area contributed by atoms with Gasteiger partial charge in [-0.3, -0.25) is 9.89 Å². The van der Waals surface area contributed by atoms with E-state index in [1.807, 2.05) is 19.1 Å². The van der Waals surface area contributed by atoms with Crippen molar-refractivity contribution in [1.29, 1.82) is 0 Å². The lowest BCUT2D eigenvalue weighted by atomic mass is 9.60. The minimum Gasteiger partial charge on any atom is -0.481 e. The van der Waals surface area contributed by atoms with Crippen molar-refractivity contribution in [3.05, 3.63) is 53.1 Å². The number of pyridine rings is 1. The molecule has 2 aliphatic rings. The van der Waals surface area contributed by atoms with Crippen molar-refractivity contribution in [2.45, 2.75) is 51.4 Å². The number of aromatic nitrogens is 4. The van der Waals surface area contributed by atoms with Gasteiger partial charge in [0.25, 0.3) is 0 Å². The Balaban J connectivity index is 1.65. The van der Waals surface area contributed by atoms with Crippen molar-refractivity contribution in [3.8, 4) is 5.69 Å². The molecule has 1 aliphatic heterocycles. The molecule has 7 nitrogen and oxygen atoms in total. The summed E-state index contributed by atoms with van der Waals surface area (Å²) in [5.41, 5.74) is 5.56. The van der Waals surface area contributed by atoms with E-state index in [9.17, 15) is 14.3 Å². The monoisotopic (exact) mass is 462 g/mol. The Morgan fingerprint density at radius 1 is 1.24 bits per heavy atom. The Bertz CT molecular complexity index is 1430. The molecule has 1 aromatic carbocycles. The number of H-pyrrole nitrogens is 1. The predicted molar refractivity (Wildman–Crippen MR) is 126 cm³/mol. The van der Waals surface area contributed by atoms with Crippen LogP contribution in [0.3, 0.4) is 0 Å². The number of carboxylic acid groups (broad SMARTS) is 1. The van der Waals surface area contributed by atoms with Gasteiger partial charge in [-0.15, -0.1) is 0 Å². The number of rotatable bonds is 4. The lowest BCUT2D eigenvalue weighted by molar-refractivity contribution is -0.154. The smallest absolute Gasteiger partial charge is 0.309 e. The number of nitrogens with one attached hydrogen (secondary N) is 1. The number of hydrogen-bond donors (Lipinski definition) is 2. The van der Waals surface area contributed by atoms with Gasteiger partial charge in [-0.2, -0.15) is 5.10 Å². The summed E-state index contributed by atoms with van der Waals surface area (Å²) >= 11 is 0. The van der Waals surface area contributed by atoms with Gasteiger partial charge in [0, 0.05) is 41.5 Å². The Hall–Kier alpha value is -3.26. The molecule has 0 bridgehead atoms. The van der Waals surface area contributed by atoms with Crippen molar-refractivity contribution >= 4 is 28.0 Å². The van der Waals surface area contributed by atoms with Crippen LogP contribution in [0.4, 0.5) is 4.39 Å². The fraction of sp³-hybridized carbons (Fsp3) is 0.423. The van der Waals surface area contributed by atoms with E-state index in [0.717, 1.165) is 46.2 Å². The second-order valence-corrected chi connectivity index (χ2v) is 10.1. The third-order valence-electron chi connectivity index (χ3n) is 7.74. The van der Waals surface area contributed by atoms with E-state index >= 15 is 0 Å².